The van der Waals surface area contributed by atoms with Crippen LogP contribution in [0.3, 0.4) is 0 Å². The van der Waals surface area contributed by atoms with E-state index in [0.717, 1.165) is 10.9 Å². The summed E-state index contributed by atoms with van der Waals surface area (Å²) in [5.41, 5.74) is 12.3. The van der Waals surface area contributed by atoms with E-state index in [9.17, 15) is 9.59 Å². The highest BCUT2D eigenvalue weighted by atomic mass is 16.1. The molecule has 3 rings (SSSR count). The van der Waals surface area contributed by atoms with Crippen molar-refractivity contribution in [1.82, 2.24) is 19.7 Å². The van der Waals surface area contributed by atoms with Crippen molar-refractivity contribution < 1.29 is 9.59 Å². The summed E-state index contributed by atoms with van der Waals surface area (Å²) in [5, 5.41) is 14.5. The van der Waals surface area contributed by atoms with Crippen LogP contribution in [0.2, 0.25) is 0 Å². The lowest BCUT2D eigenvalue weighted by molar-refractivity contribution is -0.118. The smallest absolute Gasteiger partial charge is 0.273 e. The van der Waals surface area contributed by atoms with Crippen molar-refractivity contribution in [3.63, 3.8) is 0 Å². The van der Waals surface area contributed by atoms with Crippen LogP contribution >= 0.6 is 0 Å². The summed E-state index contributed by atoms with van der Waals surface area (Å²) in [6.45, 7) is 1.79. The van der Waals surface area contributed by atoms with Crippen LogP contribution in [0.15, 0.2) is 30.5 Å². The molecule has 0 unspecified atom stereocenters. The maximum Gasteiger partial charge on any atom is 0.273 e. The summed E-state index contributed by atoms with van der Waals surface area (Å²) in [6.07, 6.45) is 2.40. The van der Waals surface area contributed by atoms with E-state index in [2.05, 4.69) is 25.8 Å². The Morgan fingerprint density at radius 1 is 1.22 bits per heavy atom. The first-order chi connectivity index (χ1) is 12.9. The van der Waals surface area contributed by atoms with Gasteiger partial charge in [-0.25, -0.2) is 0 Å². The van der Waals surface area contributed by atoms with Crippen LogP contribution in [0.25, 0.3) is 10.9 Å². The minimum atomic E-state index is -0.772. The molecule has 140 valence electrons. The van der Waals surface area contributed by atoms with E-state index in [1.54, 1.807) is 6.92 Å². The van der Waals surface area contributed by atoms with Crippen LogP contribution < -0.4 is 22.1 Å². The summed E-state index contributed by atoms with van der Waals surface area (Å²) < 4.78 is 1.97. The van der Waals surface area contributed by atoms with Crippen LogP contribution in [0, 0.1) is 0 Å². The molecular formula is C17H20N8O2. The van der Waals surface area contributed by atoms with E-state index >= 15 is 0 Å². The van der Waals surface area contributed by atoms with Crippen molar-refractivity contribution in [2.24, 2.45) is 18.5 Å². The number of hydrogen-bond donors (Lipinski definition) is 4. The fourth-order valence-electron chi connectivity index (χ4n) is 2.65. The molecule has 0 bridgehead atoms. The maximum atomic E-state index is 11.7. The number of carbonyl (C=O) groups is 2. The van der Waals surface area contributed by atoms with Gasteiger partial charge in [0, 0.05) is 24.4 Å². The number of anilines is 3. The Kier molecular flexibility index (Phi) is 4.88. The van der Waals surface area contributed by atoms with Gasteiger partial charge in [0.2, 0.25) is 11.9 Å². The minimum Gasteiger partial charge on any atom is -0.368 e. The van der Waals surface area contributed by atoms with Crippen molar-refractivity contribution >= 4 is 40.2 Å². The average Bonchev–Trinajstić information content (AvgIpc) is 3.00. The molecule has 1 aromatic carbocycles. The van der Waals surface area contributed by atoms with Crippen LogP contribution in [-0.4, -0.2) is 37.6 Å². The molecule has 27 heavy (non-hydrogen) atoms. The van der Waals surface area contributed by atoms with Crippen molar-refractivity contribution in [2.45, 2.75) is 19.4 Å². The van der Waals surface area contributed by atoms with Gasteiger partial charge in [0.15, 0.2) is 11.5 Å². The molecule has 0 fully saturated rings. The number of nitrogens with one attached hydrogen (secondary N) is 2. The molecule has 0 spiro atoms. The predicted octanol–water partition coefficient (Wildman–Crippen LogP) is 0.882. The van der Waals surface area contributed by atoms with E-state index in [-0.39, 0.29) is 17.5 Å². The monoisotopic (exact) mass is 368 g/mol. The third-order valence-corrected chi connectivity index (χ3v) is 4.13. The molecule has 0 saturated heterocycles. The number of rotatable bonds is 7. The number of benzene rings is 1. The normalized spacial score (nSPS) is 11.9. The highest BCUT2D eigenvalue weighted by molar-refractivity contribution is 5.96. The van der Waals surface area contributed by atoms with E-state index < -0.39 is 17.9 Å². The molecule has 10 heteroatoms. The van der Waals surface area contributed by atoms with Gasteiger partial charge < -0.3 is 26.7 Å². The fourth-order valence-corrected chi connectivity index (χ4v) is 2.65. The van der Waals surface area contributed by atoms with Crippen molar-refractivity contribution in [1.29, 1.82) is 0 Å². The van der Waals surface area contributed by atoms with E-state index in [0.29, 0.717) is 12.1 Å². The average molecular weight is 368 g/mol. The van der Waals surface area contributed by atoms with Gasteiger partial charge in [0.25, 0.3) is 5.91 Å². The van der Waals surface area contributed by atoms with Crippen molar-refractivity contribution in [3.8, 4) is 0 Å². The number of carbonyl (C=O) groups excluding carboxylic acids is 2. The first-order valence-corrected chi connectivity index (χ1v) is 8.31. The summed E-state index contributed by atoms with van der Waals surface area (Å²) in [4.78, 5) is 27.3. The highest BCUT2D eigenvalue weighted by Crippen LogP contribution is 2.23. The second-order valence-corrected chi connectivity index (χ2v) is 6.03. The molecule has 10 nitrogen and oxygen atoms in total. The number of nitrogens with two attached hydrogens (primary N) is 2. The largest absolute Gasteiger partial charge is 0.368 e. The maximum absolute atomic E-state index is 11.7. The topological polar surface area (TPSA) is 154 Å². The van der Waals surface area contributed by atoms with E-state index in [4.69, 9.17) is 11.5 Å². The lowest BCUT2D eigenvalue weighted by atomic mass is 10.2. The zero-order valence-electron chi connectivity index (χ0n) is 14.9. The van der Waals surface area contributed by atoms with Gasteiger partial charge in [-0.2, -0.15) is 4.98 Å². The standard InChI is InChI=1S/C17H20N8O2/c1-3-11(14(18)26)21-17-22-16(13(15(19)27)23-24-17)20-10-5-4-9-6-7-25(2)12(9)8-10/h4-8,11H,3H2,1-2H3,(H2,18,26)(H2,19,27)(H2,20,21,22,24)/t11-/m1/s1. The molecule has 0 aliphatic heterocycles. The second-order valence-electron chi connectivity index (χ2n) is 6.03. The van der Waals surface area contributed by atoms with Crippen molar-refractivity contribution in [3.05, 3.63) is 36.2 Å². The Hall–Kier alpha value is -3.69. The molecule has 6 N–H and O–H groups in total. The Morgan fingerprint density at radius 2 is 2.00 bits per heavy atom. The molecule has 2 aromatic heterocycles. The van der Waals surface area contributed by atoms with Gasteiger partial charge in [-0.3, -0.25) is 9.59 Å². The molecule has 0 aliphatic carbocycles. The Morgan fingerprint density at radius 3 is 2.67 bits per heavy atom. The van der Waals surface area contributed by atoms with Gasteiger partial charge in [-0.05, 0) is 30.0 Å². The molecule has 2 amide bonds. The fraction of sp³-hybridized carbons (Fsp3) is 0.235. The number of hydrogen-bond acceptors (Lipinski definition) is 7. The Labute approximate surface area is 155 Å². The first kappa shape index (κ1) is 18.1. The number of primary amides is 2. The Bertz CT molecular complexity index is 1010. The molecular weight excluding hydrogens is 348 g/mol. The molecule has 0 radical (unpaired) electrons. The van der Waals surface area contributed by atoms with Gasteiger partial charge in [0.05, 0.1) is 0 Å². The number of fused-ring (bicyclic) bond motifs is 1. The molecule has 0 aliphatic rings. The molecule has 0 saturated carbocycles. The zero-order chi connectivity index (χ0) is 19.6. The number of aromatic nitrogens is 4. The van der Waals surface area contributed by atoms with Crippen molar-refractivity contribution in [2.75, 3.05) is 10.6 Å². The SMILES string of the molecule is CC[C@@H](Nc1nnc(C(N)=O)c(Nc2ccc3ccn(C)c3c2)n1)C(N)=O. The molecule has 1 atom stereocenters. The summed E-state index contributed by atoms with van der Waals surface area (Å²) in [6, 6.07) is 7.04. The summed E-state index contributed by atoms with van der Waals surface area (Å²) in [7, 11) is 1.93. The quantitative estimate of drug-likeness (QED) is 0.482. The highest BCUT2D eigenvalue weighted by Gasteiger charge is 2.18. The number of amides is 2. The van der Waals surface area contributed by atoms with Crippen LogP contribution in [0.5, 0.6) is 0 Å². The lowest BCUT2D eigenvalue weighted by Crippen LogP contribution is -2.35. The van der Waals surface area contributed by atoms with E-state index in [1.165, 1.54) is 0 Å². The van der Waals surface area contributed by atoms with Crippen LogP contribution in [0.1, 0.15) is 23.8 Å². The van der Waals surface area contributed by atoms with E-state index in [1.807, 2.05) is 42.1 Å². The summed E-state index contributed by atoms with van der Waals surface area (Å²) in [5.74, 6) is -1.12. The third-order valence-electron chi connectivity index (χ3n) is 4.13. The molecule has 2 heterocycles. The van der Waals surface area contributed by atoms with Gasteiger partial charge >= 0.3 is 0 Å². The second kappa shape index (κ2) is 7.28. The predicted molar refractivity (Wildman–Crippen MR) is 101 cm³/mol. The van der Waals surface area contributed by atoms with Gasteiger partial charge in [-0.1, -0.05) is 13.0 Å². The third kappa shape index (κ3) is 3.78. The number of aryl methyl sites for hydroxylation is 1. The molecule has 3 aromatic rings. The zero-order valence-corrected chi connectivity index (χ0v) is 14.9. The van der Waals surface area contributed by atoms with Gasteiger partial charge in [0.1, 0.15) is 6.04 Å². The number of nitrogens with zero attached hydrogens (tertiary/aromatic N) is 4. The van der Waals surface area contributed by atoms with Crippen LogP contribution in [-0.2, 0) is 11.8 Å². The minimum absolute atomic E-state index is 0.0631. The first-order valence-electron chi connectivity index (χ1n) is 8.31. The lowest BCUT2D eigenvalue weighted by Gasteiger charge is -2.14. The van der Waals surface area contributed by atoms with Gasteiger partial charge in [-0.15, -0.1) is 10.2 Å². The van der Waals surface area contributed by atoms with Crippen LogP contribution in [0.4, 0.5) is 17.5 Å². The summed E-state index contributed by atoms with van der Waals surface area (Å²) >= 11 is 0. The Balaban J connectivity index is 1.95.